The van der Waals surface area contributed by atoms with Gasteiger partial charge in [0.05, 0.1) is 15.6 Å². The topological polar surface area (TPSA) is 55.1 Å². The summed E-state index contributed by atoms with van der Waals surface area (Å²) in [5, 5.41) is 4.57. The van der Waals surface area contributed by atoms with Gasteiger partial charge in [0.2, 0.25) is 0 Å². The van der Waals surface area contributed by atoms with Crippen LogP contribution in [0.15, 0.2) is 6.07 Å². The second-order valence-corrected chi connectivity index (χ2v) is 6.00. The minimum absolute atomic E-state index is 0.135. The molecule has 0 aliphatic heterocycles. The van der Waals surface area contributed by atoms with Crippen molar-refractivity contribution in [3.05, 3.63) is 10.9 Å². The molecule has 0 saturated heterocycles. The van der Waals surface area contributed by atoms with E-state index in [0.717, 1.165) is 11.4 Å². The molecule has 0 spiro atoms. The molecule has 1 unspecified atom stereocenters. The maximum absolute atomic E-state index is 11.7. The monoisotopic (exact) mass is 282 g/mol. The van der Waals surface area contributed by atoms with Gasteiger partial charge in [-0.15, -0.1) is 11.3 Å². The third kappa shape index (κ3) is 4.86. The standard InChI is InChI=1S/C15H26N2OS/c1-4-7-9-11(8-5-2)17-14-10-12(16)15(19-14)13(18)6-3/h10-11,17H,4-9,16H2,1-3H3. The van der Waals surface area contributed by atoms with Gasteiger partial charge in [0.15, 0.2) is 5.78 Å². The summed E-state index contributed by atoms with van der Waals surface area (Å²) in [7, 11) is 0. The summed E-state index contributed by atoms with van der Waals surface area (Å²) >= 11 is 1.49. The third-order valence-corrected chi connectivity index (χ3v) is 4.35. The Kier molecular flexibility index (Phi) is 6.92. The van der Waals surface area contributed by atoms with Crippen molar-refractivity contribution < 1.29 is 4.79 Å². The number of anilines is 2. The van der Waals surface area contributed by atoms with Crippen LogP contribution in [-0.2, 0) is 0 Å². The smallest absolute Gasteiger partial charge is 0.174 e. The maximum atomic E-state index is 11.7. The molecule has 1 aromatic heterocycles. The number of nitrogens with two attached hydrogens (primary N) is 1. The van der Waals surface area contributed by atoms with Gasteiger partial charge in [0, 0.05) is 12.5 Å². The number of carbonyl (C=O) groups excluding carboxylic acids is 1. The Morgan fingerprint density at radius 2 is 2.05 bits per heavy atom. The fourth-order valence-corrected chi connectivity index (χ4v) is 3.21. The zero-order valence-corrected chi connectivity index (χ0v) is 13.1. The lowest BCUT2D eigenvalue weighted by atomic mass is 10.1. The number of carbonyl (C=O) groups is 1. The quantitative estimate of drug-likeness (QED) is 0.646. The largest absolute Gasteiger partial charge is 0.397 e. The molecule has 0 aliphatic carbocycles. The summed E-state index contributed by atoms with van der Waals surface area (Å²) in [5.74, 6) is 0.135. The first-order valence-corrected chi connectivity index (χ1v) is 8.12. The fourth-order valence-electron chi connectivity index (χ4n) is 2.14. The third-order valence-electron chi connectivity index (χ3n) is 3.22. The molecular weight excluding hydrogens is 256 g/mol. The summed E-state index contributed by atoms with van der Waals surface area (Å²) in [6.07, 6.45) is 6.47. The summed E-state index contributed by atoms with van der Waals surface area (Å²) in [6, 6.07) is 2.40. The van der Waals surface area contributed by atoms with Crippen LogP contribution in [0.3, 0.4) is 0 Å². The second-order valence-electron chi connectivity index (χ2n) is 4.94. The van der Waals surface area contributed by atoms with Gasteiger partial charge in [-0.25, -0.2) is 0 Å². The summed E-state index contributed by atoms with van der Waals surface area (Å²) < 4.78 is 0. The minimum atomic E-state index is 0.135. The number of Topliss-reactive ketones (excluding diaryl/α,β-unsaturated/α-hetero) is 1. The molecule has 19 heavy (non-hydrogen) atoms. The lowest BCUT2D eigenvalue weighted by Crippen LogP contribution is -2.18. The van der Waals surface area contributed by atoms with Gasteiger partial charge in [0.25, 0.3) is 0 Å². The zero-order valence-electron chi connectivity index (χ0n) is 12.3. The Morgan fingerprint density at radius 3 is 2.63 bits per heavy atom. The lowest BCUT2D eigenvalue weighted by molar-refractivity contribution is 0.0993. The highest BCUT2D eigenvalue weighted by Crippen LogP contribution is 2.31. The molecule has 108 valence electrons. The number of nitrogens with one attached hydrogen (secondary N) is 1. The van der Waals surface area contributed by atoms with Crippen LogP contribution in [-0.4, -0.2) is 11.8 Å². The predicted molar refractivity (Wildman–Crippen MR) is 85.2 cm³/mol. The molecule has 0 fully saturated rings. The Hall–Kier alpha value is -1.03. The first kappa shape index (κ1) is 16.0. The average Bonchev–Trinajstić information content (AvgIpc) is 2.76. The van der Waals surface area contributed by atoms with E-state index in [2.05, 4.69) is 19.2 Å². The molecule has 0 amide bonds. The van der Waals surface area contributed by atoms with Crippen molar-refractivity contribution >= 4 is 27.8 Å². The number of hydrogen-bond acceptors (Lipinski definition) is 4. The molecule has 1 aromatic rings. The van der Waals surface area contributed by atoms with Crippen molar-refractivity contribution in [3.63, 3.8) is 0 Å². The Bertz CT molecular complexity index is 401. The van der Waals surface area contributed by atoms with Crippen LogP contribution in [0.2, 0.25) is 0 Å². The maximum Gasteiger partial charge on any atom is 0.174 e. The van der Waals surface area contributed by atoms with Gasteiger partial charge >= 0.3 is 0 Å². The van der Waals surface area contributed by atoms with Crippen LogP contribution in [0, 0.1) is 0 Å². The van der Waals surface area contributed by atoms with Crippen LogP contribution in [0.1, 0.15) is 69.0 Å². The van der Waals surface area contributed by atoms with Crippen molar-refractivity contribution in [1.82, 2.24) is 0 Å². The van der Waals surface area contributed by atoms with Crippen LogP contribution >= 0.6 is 11.3 Å². The van der Waals surface area contributed by atoms with Crippen LogP contribution in [0.25, 0.3) is 0 Å². The van der Waals surface area contributed by atoms with E-state index in [0.29, 0.717) is 23.0 Å². The highest BCUT2D eigenvalue weighted by molar-refractivity contribution is 7.18. The van der Waals surface area contributed by atoms with Gasteiger partial charge in [-0.1, -0.05) is 40.0 Å². The highest BCUT2D eigenvalue weighted by Gasteiger charge is 2.15. The molecule has 0 radical (unpaired) electrons. The van der Waals surface area contributed by atoms with Gasteiger partial charge in [-0.05, 0) is 18.9 Å². The molecule has 0 aliphatic rings. The lowest BCUT2D eigenvalue weighted by Gasteiger charge is -2.17. The minimum Gasteiger partial charge on any atom is -0.397 e. The van der Waals surface area contributed by atoms with E-state index in [1.165, 1.54) is 37.0 Å². The molecule has 1 rings (SSSR count). The number of nitrogen functional groups attached to an aromatic ring is 1. The van der Waals surface area contributed by atoms with Crippen LogP contribution in [0.5, 0.6) is 0 Å². The van der Waals surface area contributed by atoms with E-state index in [9.17, 15) is 4.79 Å². The summed E-state index contributed by atoms with van der Waals surface area (Å²) in [4.78, 5) is 12.4. The molecule has 0 bridgehead atoms. The molecule has 4 heteroatoms. The van der Waals surface area contributed by atoms with E-state index >= 15 is 0 Å². The second kappa shape index (κ2) is 8.20. The molecule has 0 aromatic carbocycles. The Morgan fingerprint density at radius 1 is 1.32 bits per heavy atom. The summed E-state index contributed by atoms with van der Waals surface area (Å²) in [6.45, 7) is 6.29. The summed E-state index contributed by atoms with van der Waals surface area (Å²) in [5.41, 5.74) is 6.53. The Labute approximate surface area is 120 Å². The molecule has 1 atom stereocenters. The van der Waals surface area contributed by atoms with Gasteiger partial charge in [-0.2, -0.15) is 0 Å². The average molecular weight is 282 g/mol. The Balaban J connectivity index is 2.70. The first-order chi connectivity index (χ1) is 9.12. The van der Waals surface area contributed by atoms with E-state index in [1.807, 2.05) is 13.0 Å². The van der Waals surface area contributed by atoms with Gasteiger partial charge < -0.3 is 11.1 Å². The van der Waals surface area contributed by atoms with Gasteiger partial charge in [0.1, 0.15) is 0 Å². The van der Waals surface area contributed by atoms with Crippen molar-refractivity contribution in [3.8, 4) is 0 Å². The van der Waals surface area contributed by atoms with Crippen molar-refractivity contribution in [2.24, 2.45) is 0 Å². The molecule has 3 nitrogen and oxygen atoms in total. The molecule has 0 saturated carbocycles. The number of thiophene rings is 1. The normalized spacial score (nSPS) is 12.4. The van der Waals surface area contributed by atoms with Crippen molar-refractivity contribution in [2.45, 2.75) is 65.3 Å². The zero-order chi connectivity index (χ0) is 14.3. The number of rotatable bonds is 9. The first-order valence-electron chi connectivity index (χ1n) is 7.31. The van der Waals surface area contributed by atoms with E-state index in [4.69, 9.17) is 5.73 Å². The van der Waals surface area contributed by atoms with Crippen molar-refractivity contribution in [1.29, 1.82) is 0 Å². The van der Waals surface area contributed by atoms with Gasteiger partial charge in [-0.3, -0.25) is 4.79 Å². The van der Waals surface area contributed by atoms with E-state index in [-0.39, 0.29) is 5.78 Å². The molecule has 3 N–H and O–H groups in total. The van der Waals surface area contributed by atoms with Crippen LogP contribution in [0.4, 0.5) is 10.7 Å². The fraction of sp³-hybridized carbons (Fsp3) is 0.667. The number of hydrogen-bond donors (Lipinski definition) is 2. The molecule has 1 heterocycles. The van der Waals surface area contributed by atoms with Crippen molar-refractivity contribution in [2.75, 3.05) is 11.1 Å². The van der Waals surface area contributed by atoms with E-state index < -0.39 is 0 Å². The number of ketones is 1. The molecular formula is C15H26N2OS. The van der Waals surface area contributed by atoms with E-state index in [1.54, 1.807) is 0 Å². The predicted octanol–water partition coefficient (Wildman–Crippen LogP) is 4.69. The van der Waals surface area contributed by atoms with Crippen LogP contribution < -0.4 is 11.1 Å². The highest BCUT2D eigenvalue weighted by atomic mass is 32.1. The number of unbranched alkanes of at least 4 members (excludes halogenated alkanes) is 1. The SMILES string of the molecule is CCCCC(CCC)Nc1cc(N)c(C(=O)CC)s1.